The van der Waals surface area contributed by atoms with Gasteiger partial charge < -0.3 is 9.30 Å². The fourth-order valence-electron chi connectivity index (χ4n) is 2.50. The van der Waals surface area contributed by atoms with Crippen LogP contribution in [0.3, 0.4) is 0 Å². The van der Waals surface area contributed by atoms with E-state index in [1.165, 1.54) is 12.8 Å². The molecule has 0 aliphatic carbocycles. The number of rotatable bonds is 2. The Labute approximate surface area is 101 Å². The second kappa shape index (κ2) is 4.45. The highest BCUT2D eigenvalue weighted by Gasteiger charge is 2.17. The number of nitrogens with zero attached hydrogens (tertiary/aromatic N) is 3. The third kappa shape index (κ3) is 2.05. The van der Waals surface area contributed by atoms with E-state index in [0.29, 0.717) is 5.92 Å². The number of hydrogen-bond donors (Lipinski definition) is 0. The monoisotopic (exact) mass is 231 g/mol. The minimum Gasteiger partial charge on any atom is -0.381 e. The van der Waals surface area contributed by atoms with Crippen molar-refractivity contribution in [2.75, 3.05) is 13.2 Å². The summed E-state index contributed by atoms with van der Waals surface area (Å²) >= 11 is 0. The van der Waals surface area contributed by atoms with Crippen LogP contribution < -0.4 is 0 Å². The van der Waals surface area contributed by atoms with E-state index in [9.17, 15) is 0 Å². The van der Waals surface area contributed by atoms with E-state index in [2.05, 4.69) is 14.5 Å². The molecule has 4 nitrogen and oxygen atoms in total. The van der Waals surface area contributed by atoms with Crippen LogP contribution in [-0.2, 0) is 11.3 Å². The van der Waals surface area contributed by atoms with E-state index in [-0.39, 0.29) is 0 Å². The van der Waals surface area contributed by atoms with Crippen LogP contribution in [0, 0.1) is 12.8 Å². The highest BCUT2D eigenvalue weighted by molar-refractivity contribution is 5.70. The van der Waals surface area contributed by atoms with Crippen LogP contribution in [-0.4, -0.2) is 27.7 Å². The van der Waals surface area contributed by atoms with Crippen LogP contribution >= 0.6 is 0 Å². The SMILES string of the molecule is Cc1nc2cccnc2n1CC1CCCOC1. The molecular formula is C13H17N3O. The van der Waals surface area contributed by atoms with Gasteiger partial charge >= 0.3 is 0 Å². The summed E-state index contributed by atoms with van der Waals surface area (Å²) in [4.78, 5) is 8.97. The lowest BCUT2D eigenvalue weighted by molar-refractivity contribution is 0.0485. The van der Waals surface area contributed by atoms with Crippen molar-refractivity contribution in [2.45, 2.75) is 26.3 Å². The molecule has 1 atom stereocenters. The van der Waals surface area contributed by atoms with Gasteiger partial charge in [-0.1, -0.05) is 0 Å². The van der Waals surface area contributed by atoms with E-state index in [0.717, 1.165) is 36.7 Å². The first-order valence-corrected chi connectivity index (χ1v) is 6.20. The fourth-order valence-corrected chi connectivity index (χ4v) is 2.50. The minimum atomic E-state index is 0.599. The van der Waals surface area contributed by atoms with Crippen molar-refractivity contribution in [3.63, 3.8) is 0 Å². The molecule has 90 valence electrons. The molecule has 0 spiro atoms. The van der Waals surface area contributed by atoms with Gasteiger partial charge in [0.05, 0.1) is 6.61 Å². The van der Waals surface area contributed by atoms with Gasteiger partial charge in [0.1, 0.15) is 11.3 Å². The van der Waals surface area contributed by atoms with Gasteiger partial charge in [-0.15, -0.1) is 0 Å². The average molecular weight is 231 g/mol. The summed E-state index contributed by atoms with van der Waals surface area (Å²) < 4.78 is 7.75. The third-order valence-electron chi connectivity index (χ3n) is 3.39. The maximum atomic E-state index is 5.53. The minimum absolute atomic E-state index is 0.599. The van der Waals surface area contributed by atoms with Gasteiger partial charge in [-0.2, -0.15) is 0 Å². The summed E-state index contributed by atoms with van der Waals surface area (Å²) in [6.45, 7) is 4.80. The molecular weight excluding hydrogens is 214 g/mol. The quantitative estimate of drug-likeness (QED) is 0.795. The molecule has 17 heavy (non-hydrogen) atoms. The summed E-state index contributed by atoms with van der Waals surface area (Å²) in [6.07, 6.45) is 4.24. The molecule has 2 aromatic heterocycles. The van der Waals surface area contributed by atoms with Crippen molar-refractivity contribution in [1.29, 1.82) is 0 Å². The predicted octanol–water partition coefficient (Wildman–Crippen LogP) is 2.17. The van der Waals surface area contributed by atoms with Crippen molar-refractivity contribution >= 4 is 11.2 Å². The van der Waals surface area contributed by atoms with Gasteiger partial charge in [-0.3, -0.25) is 0 Å². The van der Waals surface area contributed by atoms with Crippen molar-refractivity contribution < 1.29 is 4.74 Å². The Morgan fingerprint density at radius 3 is 3.29 bits per heavy atom. The lowest BCUT2D eigenvalue weighted by Gasteiger charge is -2.22. The van der Waals surface area contributed by atoms with Crippen molar-refractivity contribution in [3.05, 3.63) is 24.2 Å². The molecule has 0 radical (unpaired) electrons. The standard InChI is InChI=1S/C13H17N3O/c1-10-15-12-5-2-6-14-13(12)16(10)8-11-4-3-7-17-9-11/h2,5-6,11H,3-4,7-9H2,1H3. The summed E-state index contributed by atoms with van der Waals surface area (Å²) in [5.41, 5.74) is 1.98. The Morgan fingerprint density at radius 2 is 2.47 bits per heavy atom. The number of ether oxygens (including phenoxy) is 1. The highest BCUT2D eigenvalue weighted by atomic mass is 16.5. The van der Waals surface area contributed by atoms with Gasteiger partial charge in [-0.05, 0) is 31.9 Å². The third-order valence-corrected chi connectivity index (χ3v) is 3.39. The summed E-state index contributed by atoms with van der Waals surface area (Å²) in [5, 5.41) is 0. The zero-order chi connectivity index (χ0) is 11.7. The molecule has 0 saturated carbocycles. The molecule has 0 amide bonds. The van der Waals surface area contributed by atoms with Crippen molar-refractivity contribution in [1.82, 2.24) is 14.5 Å². The molecule has 0 N–H and O–H groups in total. The first-order valence-electron chi connectivity index (χ1n) is 6.20. The zero-order valence-electron chi connectivity index (χ0n) is 10.1. The van der Waals surface area contributed by atoms with Crippen LogP contribution in [0.25, 0.3) is 11.2 Å². The molecule has 1 aliphatic rings. The molecule has 1 unspecified atom stereocenters. The zero-order valence-corrected chi connectivity index (χ0v) is 10.1. The van der Waals surface area contributed by atoms with E-state index in [4.69, 9.17) is 4.74 Å². The molecule has 1 fully saturated rings. The summed E-state index contributed by atoms with van der Waals surface area (Å²) in [5.74, 6) is 1.64. The second-order valence-electron chi connectivity index (χ2n) is 4.70. The Bertz CT molecular complexity index is 514. The molecule has 0 bridgehead atoms. The maximum Gasteiger partial charge on any atom is 0.159 e. The van der Waals surface area contributed by atoms with Crippen LogP contribution in [0.1, 0.15) is 18.7 Å². The molecule has 4 heteroatoms. The lowest BCUT2D eigenvalue weighted by atomic mass is 10.0. The molecule has 3 heterocycles. The Kier molecular flexibility index (Phi) is 2.81. The first kappa shape index (κ1) is 10.7. The van der Waals surface area contributed by atoms with Crippen molar-refractivity contribution in [3.8, 4) is 0 Å². The van der Waals surface area contributed by atoms with Gasteiger partial charge in [0.2, 0.25) is 0 Å². The normalized spacial score (nSPS) is 20.9. The van der Waals surface area contributed by atoms with Gasteiger partial charge in [0.25, 0.3) is 0 Å². The number of pyridine rings is 1. The first-order chi connectivity index (χ1) is 8.34. The van der Waals surface area contributed by atoms with Gasteiger partial charge in [0.15, 0.2) is 5.65 Å². The van der Waals surface area contributed by atoms with Crippen molar-refractivity contribution in [2.24, 2.45) is 5.92 Å². The van der Waals surface area contributed by atoms with Crippen LogP contribution in [0.2, 0.25) is 0 Å². The molecule has 1 aliphatic heterocycles. The van der Waals surface area contributed by atoms with Gasteiger partial charge in [-0.25, -0.2) is 9.97 Å². The van der Waals surface area contributed by atoms with Crippen LogP contribution in [0.15, 0.2) is 18.3 Å². The van der Waals surface area contributed by atoms with Gasteiger partial charge in [0, 0.05) is 25.3 Å². The largest absolute Gasteiger partial charge is 0.381 e. The molecule has 3 rings (SSSR count). The number of hydrogen-bond acceptors (Lipinski definition) is 3. The van der Waals surface area contributed by atoms with E-state index >= 15 is 0 Å². The predicted molar refractivity (Wildman–Crippen MR) is 65.8 cm³/mol. The lowest BCUT2D eigenvalue weighted by Crippen LogP contribution is -2.22. The van der Waals surface area contributed by atoms with Crippen LogP contribution in [0.5, 0.6) is 0 Å². The number of imidazole rings is 1. The maximum absolute atomic E-state index is 5.53. The molecule has 0 aromatic carbocycles. The highest BCUT2D eigenvalue weighted by Crippen LogP contribution is 2.20. The second-order valence-corrected chi connectivity index (χ2v) is 4.70. The van der Waals surface area contributed by atoms with E-state index in [1.54, 1.807) is 0 Å². The Morgan fingerprint density at radius 1 is 1.53 bits per heavy atom. The number of aromatic nitrogens is 3. The average Bonchev–Trinajstić information content (AvgIpc) is 2.68. The Hall–Kier alpha value is -1.42. The summed E-state index contributed by atoms with van der Waals surface area (Å²) in [6, 6.07) is 3.95. The fraction of sp³-hybridized carbons (Fsp3) is 0.538. The molecule has 1 saturated heterocycles. The topological polar surface area (TPSA) is 39.9 Å². The van der Waals surface area contributed by atoms with E-state index in [1.807, 2.05) is 25.3 Å². The summed E-state index contributed by atoms with van der Waals surface area (Å²) in [7, 11) is 0. The van der Waals surface area contributed by atoms with Crippen LogP contribution in [0.4, 0.5) is 0 Å². The number of aryl methyl sites for hydroxylation is 1. The number of fused-ring (bicyclic) bond motifs is 1. The van der Waals surface area contributed by atoms with E-state index < -0.39 is 0 Å². The smallest absolute Gasteiger partial charge is 0.159 e. The molecule has 2 aromatic rings. The Balaban J connectivity index is 1.90.